The molecule has 19 heavy (non-hydrogen) atoms. The number of thioether (sulfide) groups is 1. The zero-order chi connectivity index (χ0) is 13.9. The molecule has 1 unspecified atom stereocenters. The minimum absolute atomic E-state index is 0.0431. The summed E-state index contributed by atoms with van der Waals surface area (Å²) in [6.07, 6.45) is 2.04. The monoisotopic (exact) mass is 280 g/mol. The molecular weight excluding hydrogens is 260 g/mol. The second-order valence-electron chi connectivity index (χ2n) is 5.19. The van der Waals surface area contributed by atoms with E-state index < -0.39 is 0 Å². The minimum atomic E-state index is -0.146. The van der Waals surface area contributed by atoms with Gasteiger partial charge in [0.05, 0.1) is 6.04 Å². The summed E-state index contributed by atoms with van der Waals surface area (Å²) in [6, 6.07) is 7.59. The fraction of sp³-hybridized carbons (Fsp3) is 0.500. The molecule has 2 amide bonds. The SMILES string of the molecule is CSC(C)(C)CNC(=O)NC1COc2ccccc21. The number of urea groups is 1. The molecule has 1 aromatic carbocycles. The molecule has 1 heterocycles. The Balaban J connectivity index is 1.88. The van der Waals surface area contributed by atoms with Crippen molar-refractivity contribution >= 4 is 17.8 Å². The van der Waals surface area contributed by atoms with Crippen LogP contribution in [0.3, 0.4) is 0 Å². The fourth-order valence-corrected chi connectivity index (χ4v) is 2.07. The highest BCUT2D eigenvalue weighted by atomic mass is 32.2. The van der Waals surface area contributed by atoms with Crippen LogP contribution in [0.4, 0.5) is 4.79 Å². The number of benzene rings is 1. The van der Waals surface area contributed by atoms with Gasteiger partial charge in [-0.25, -0.2) is 4.79 Å². The van der Waals surface area contributed by atoms with Crippen molar-refractivity contribution in [3.63, 3.8) is 0 Å². The van der Waals surface area contributed by atoms with Gasteiger partial charge in [0.25, 0.3) is 0 Å². The van der Waals surface area contributed by atoms with Crippen LogP contribution in [0.2, 0.25) is 0 Å². The van der Waals surface area contributed by atoms with Gasteiger partial charge in [-0.1, -0.05) is 18.2 Å². The summed E-state index contributed by atoms with van der Waals surface area (Å²) in [5.41, 5.74) is 1.04. The van der Waals surface area contributed by atoms with E-state index in [0.29, 0.717) is 13.2 Å². The fourth-order valence-electron chi connectivity index (χ4n) is 1.86. The maximum Gasteiger partial charge on any atom is 0.315 e. The molecule has 1 aliphatic rings. The lowest BCUT2D eigenvalue weighted by molar-refractivity contribution is 0.231. The normalized spacial score (nSPS) is 17.5. The number of amides is 2. The number of carbonyl (C=O) groups excluding carboxylic acids is 1. The van der Waals surface area contributed by atoms with Crippen molar-refractivity contribution < 1.29 is 9.53 Å². The highest BCUT2D eigenvalue weighted by molar-refractivity contribution is 7.99. The molecule has 0 saturated heterocycles. The Bertz CT molecular complexity index is 463. The summed E-state index contributed by atoms with van der Waals surface area (Å²) in [6.45, 7) is 5.34. The van der Waals surface area contributed by atoms with E-state index in [1.54, 1.807) is 11.8 Å². The standard InChI is InChI=1S/C14H20N2O2S/c1-14(2,19-3)9-15-13(17)16-11-8-18-12-7-5-4-6-10(11)12/h4-7,11H,8-9H2,1-3H3,(H2,15,16,17). The first kappa shape index (κ1) is 14.1. The minimum Gasteiger partial charge on any atom is -0.491 e. The van der Waals surface area contributed by atoms with Gasteiger partial charge in [-0.05, 0) is 26.2 Å². The first-order valence-electron chi connectivity index (χ1n) is 6.33. The van der Waals surface area contributed by atoms with Crippen molar-refractivity contribution in [2.45, 2.75) is 24.6 Å². The molecule has 0 aromatic heterocycles. The quantitative estimate of drug-likeness (QED) is 0.891. The van der Waals surface area contributed by atoms with E-state index in [1.165, 1.54) is 0 Å². The first-order valence-corrected chi connectivity index (χ1v) is 7.55. The van der Waals surface area contributed by atoms with Crippen molar-refractivity contribution in [1.82, 2.24) is 10.6 Å². The Morgan fingerprint density at radius 2 is 2.21 bits per heavy atom. The van der Waals surface area contributed by atoms with E-state index in [1.807, 2.05) is 30.5 Å². The number of fused-ring (bicyclic) bond motifs is 1. The number of ether oxygens (including phenoxy) is 1. The van der Waals surface area contributed by atoms with Gasteiger partial charge in [0.15, 0.2) is 0 Å². The molecule has 1 aromatic rings. The predicted octanol–water partition coefficient (Wildman–Crippen LogP) is 2.56. The van der Waals surface area contributed by atoms with E-state index in [0.717, 1.165) is 11.3 Å². The Morgan fingerprint density at radius 3 is 2.95 bits per heavy atom. The van der Waals surface area contributed by atoms with Crippen LogP contribution >= 0.6 is 11.8 Å². The summed E-state index contributed by atoms with van der Waals surface area (Å²) in [5.74, 6) is 0.859. The second kappa shape index (κ2) is 5.74. The molecule has 0 aliphatic carbocycles. The largest absolute Gasteiger partial charge is 0.491 e. The molecule has 0 radical (unpaired) electrons. The number of rotatable bonds is 4. The molecule has 0 fully saturated rings. The van der Waals surface area contributed by atoms with Gasteiger partial charge in [0, 0.05) is 16.9 Å². The number of hydrogen-bond donors (Lipinski definition) is 2. The predicted molar refractivity (Wildman–Crippen MR) is 78.8 cm³/mol. The van der Waals surface area contributed by atoms with Gasteiger partial charge in [0.2, 0.25) is 0 Å². The maximum absolute atomic E-state index is 11.9. The summed E-state index contributed by atoms with van der Waals surface area (Å²) in [7, 11) is 0. The molecule has 1 atom stereocenters. The molecule has 0 saturated carbocycles. The van der Waals surface area contributed by atoms with Crippen LogP contribution in [0.25, 0.3) is 0 Å². The summed E-state index contributed by atoms with van der Waals surface area (Å²) in [4.78, 5) is 11.9. The maximum atomic E-state index is 11.9. The zero-order valence-corrected chi connectivity index (χ0v) is 12.3. The molecule has 4 nitrogen and oxygen atoms in total. The average molecular weight is 280 g/mol. The Kier molecular flexibility index (Phi) is 4.24. The van der Waals surface area contributed by atoms with Gasteiger partial charge < -0.3 is 15.4 Å². The third-order valence-electron chi connectivity index (χ3n) is 3.23. The van der Waals surface area contributed by atoms with Gasteiger partial charge in [-0.2, -0.15) is 11.8 Å². The van der Waals surface area contributed by atoms with E-state index >= 15 is 0 Å². The van der Waals surface area contributed by atoms with Crippen LogP contribution in [-0.4, -0.2) is 30.2 Å². The average Bonchev–Trinajstić information content (AvgIpc) is 2.80. The smallest absolute Gasteiger partial charge is 0.315 e. The molecule has 2 rings (SSSR count). The third-order valence-corrected chi connectivity index (χ3v) is 4.48. The molecule has 1 aliphatic heterocycles. The van der Waals surface area contributed by atoms with E-state index in [2.05, 4.69) is 24.5 Å². The molecule has 5 heteroatoms. The van der Waals surface area contributed by atoms with Crippen molar-refractivity contribution in [1.29, 1.82) is 0 Å². The van der Waals surface area contributed by atoms with Crippen molar-refractivity contribution in [2.24, 2.45) is 0 Å². The lowest BCUT2D eigenvalue weighted by Crippen LogP contribution is -2.43. The van der Waals surface area contributed by atoms with Gasteiger partial charge in [0.1, 0.15) is 12.4 Å². The van der Waals surface area contributed by atoms with Gasteiger partial charge in [-0.3, -0.25) is 0 Å². The van der Waals surface area contributed by atoms with E-state index in [9.17, 15) is 4.79 Å². The summed E-state index contributed by atoms with van der Waals surface area (Å²) in [5, 5.41) is 5.85. The van der Waals surface area contributed by atoms with Crippen molar-refractivity contribution in [3.05, 3.63) is 29.8 Å². The van der Waals surface area contributed by atoms with E-state index in [4.69, 9.17) is 4.74 Å². The highest BCUT2D eigenvalue weighted by Gasteiger charge is 2.25. The first-order chi connectivity index (χ1) is 9.02. The number of para-hydroxylation sites is 1. The summed E-state index contributed by atoms with van der Waals surface area (Å²) < 4.78 is 5.57. The molecular formula is C14H20N2O2S. The zero-order valence-electron chi connectivity index (χ0n) is 11.5. The van der Waals surface area contributed by atoms with Gasteiger partial charge in [-0.15, -0.1) is 0 Å². The topological polar surface area (TPSA) is 50.4 Å². The van der Waals surface area contributed by atoms with Gasteiger partial charge >= 0.3 is 6.03 Å². The number of carbonyl (C=O) groups is 1. The van der Waals surface area contributed by atoms with Crippen LogP contribution < -0.4 is 15.4 Å². The van der Waals surface area contributed by atoms with Crippen LogP contribution in [0.15, 0.2) is 24.3 Å². The number of nitrogens with one attached hydrogen (secondary N) is 2. The van der Waals surface area contributed by atoms with Crippen molar-refractivity contribution in [3.8, 4) is 5.75 Å². The van der Waals surface area contributed by atoms with Crippen LogP contribution in [-0.2, 0) is 0 Å². The Labute approximate surface area is 118 Å². The second-order valence-corrected chi connectivity index (χ2v) is 6.71. The van der Waals surface area contributed by atoms with Crippen molar-refractivity contribution in [2.75, 3.05) is 19.4 Å². The van der Waals surface area contributed by atoms with Crippen LogP contribution in [0, 0.1) is 0 Å². The molecule has 104 valence electrons. The molecule has 0 bridgehead atoms. The Morgan fingerprint density at radius 1 is 1.47 bits per heavy atom. The van der Waals surface area contributed by atoms with Crippen LogP contribution in [0.5, 0.6) is 5.75 Å². The van der Waals surface area contributed by atoms with Crippen LogP contribution in [0.1, 0.15) is 25.5 Å². The number of hydrogen-bond acceptors (Lipinski definition) is 3. The summed E-state index contributed by atoms with van der Waals surface area (Å²) >= 11 is 1.73. The molecule has 2 N–H and O–H groups in total. The lowest BCUT2D eigenvalue weighted by Gasteiger charge is -2.23. The highest BCUT2D eigenvalue weighted by Crippen LogP contribution is 2.31. The van der Waals surface area contributed by atoms with E-state index in [-0.39, 0.29) is 16.8 Å². The third kappa shape index (κ3) is 3.56. The lowest BCUT2D eigenvalue weighted by atomic mass is 10.1. The molecule has 0 spiro atoms. The Hall–Kier alpha value is -1.36.